The fraction of sp³-hybridized carbons (Fsp3) is 0. The van der Waals surface area contributed by atoms with E-state index in [0.29, 0.717) is 5.02 Å². The molecule has 0 spiro atoms. The fourth-order valence-corrected chi connectivity index (χ4v) is 1.28. The molecule has 0 aliphatic carbocycles. The standard InChI is InChI=1S/C7H7ClN2S/c8-5-1-3-6(4-2-5)11-7(9)10/h1-4H,(H3,9,10). The van der Waals surface area contributed by atoms with Crippen LogP contribution in [-0.4, -0.2) is 5.17 Å². The number of rotatable bonds is 1. The summed E-state index contributed by atoms with van der Waals surface area (Å²) >= 11 is 6.86. The van der Waals surface area contributed by atoms with Crippen molar-refractivity contribution in [1.29, 1.82) is 5.41 Å². The zero-order chi connectivity index (χ0) is 8.27. The zero-order valence-corrected chi connectivity index (χ0v) is 7.25. The van der Waals surface area contributed by atoms with Gasteiger partial charge in [0.1, 0.15) is 0 Å². The number of hydrogen-bond donors (Lipinski definition) is 2. The largest absolute Gasteiger partial charge is 0.378 e. The molecule has 0 bridgehead atoms. The van der Waals surface area contributed by atoms with Gasteiger partial charge in [0.25, 0.3) is 0 Å². The van der Waals surface area contributed by atoms with E-state index in [2.05, 4.69) is 0 Å². The Hall–Kier alpha value is -0.670. The van der Waals surface area contributed by atoms with Gasteiger partial charge in [-0.3, -0.25) is 5.41 Å². The molecule has 0 radical (unpaired) electrons. The molecule has 58 valence electrons. The van der Waals surface area contributed by atoms with Crippen molar-refractivity contribution >= 4 is 28.5 Å². The lowest BCUT2D eigenvalue weighted by molar-refractivity contribution is 1.46. The van der Waals surface area contributed by atoms with Gasteiger partial charge in [0.2, 0.25) is 0 Å². The van der Waals surface area contributed by atoms with Crippen LogP contribution < -0.4 is 5.73 Å². The first-order valence-electron chi connectivity index (χ1n) is 2.96. The highest BCUT2D eigenvalue weighted by Gasteiger charge is 1.94. The van der Waals surface area contributed by atoms with Crippen molar-refractivity contribution in [2.75, 3.05) is 0 Å². The van der Waals surface area contributed by atoms with E-state index < -0.39 is 0 Å². The topological polar surface area (TPSA) is 49.9 Å². The maximum Gasteiger partial charge on any atom is 0.155 e. The van der Waals surface area contributed by atoms with E-state index in [9.17, 15) is 0 Å². The third-order valence-corrected chi connectivity index (χ3v) is 2.02. The van der Waals surface area contributed by atoms with Crippen LogP contribution in [0.4, 0.5) is 0 Å². The van der Waals surface area contributed by atoms with Gasteiger partial charge in [-0.2, -0.15) is 0 Å². The van der Waals surface area contributed by atoms with Crippen molar-refractivity contribution in [3.63, 3.8) is 0 Å². The first-order valence-corrected chi connectivity index (χ1v) is 4.15. The van der Waals surface area contributed by atoms with Gasteiger partial charge in [-0.05, 0) is 24.3 Å². The highest BCUT2D eigenvalue weighted by molar-refractivity contribution is 8.13. The second-order valence-corrected chi connectivity index (χ2v) is 3.47. The second-order valence-electron chi connectivity index (χ2n) is 1.92. The van der Waals surface area contributed by atoms with Gasteiger partial charge >= 0.3 is 0 Å². The summed E-state index contributed by atoms with van der Waals surface area (Å²) in [7, 11) is 0. The summed E-state index contributed by atoms with van der Waals surface area (Å²) in [6, 6.07) is 7.20. The predicted molar refractivity (Wildman–Crippen MR) is 49.2 cm³/mol. The first-order chi connectivity index (χ1) is 5.18. The molecule has 1 aromatic carbocycles. The van der Waals surface area contributed by atoms with Gasteiger partial charge in [-0.15, -0.1) is 0 Å². The Bertz CT molecular complexity index is 258. The summed E-state index contributed by atoms with van der Waals surface area (Å²) in [6.07, 6.45) is 0. The average molecular weight is 187 g/mol. The molecule has 0 atom stereocenters. The van der Waals surface area contributed by atoms with Crippen LogP contribution in [0.25, 0.3) is 0 Å². The van der Waals surface area contributed by atoms with E-state index >= 15 is 0 Å². The number of hydrogen-bond acceptors (Lipinski definition) is 2. The molecule has 0 aromatic heterocycles. The van der Waals surface area contributed by atoms with E-state index in [1.165, 1.54) is 11.8 Å². The molecular weight excluding hydrogens is 180 g/mol. The van der Waals surface area contributed by atoms with Crippen molar-refractivity contribution in [2.24, 2.45) is 5.73 Å². The second kappa shape index (κ2) is 3.64. The van der Waals surface area contributed by atoms with Crippen LogP contribution in [-0.2, 0) is 0 Å². The van der Waals surface area contributed by atoms with Crippen LogP contribution in [0.5, 0.6) is 0 Å². The number of nitrogens with two attached hydrogens (primary N) is 1. The van der Waals surface area contributed by atoms with E-state index in [1.807, 2.05) is 12.1 Å². The Morgan fingerprint density at radius 3 is 2.36 bits per heavy atom. The summed E-state index contributed by atoms with van der Waals surface area (Å²) < 4.78 is 0. The molecule has 0 amide bonds. The van der Waals surface area contributed by atoms with Gasteiger partial charge < -0.3 is 5.73 Å². The maximum absolute atomic E-state index is 6.99. The van der Waals surface area contributed by atoms with Gasteiger partial charge in [0.05, 0.1) is 0 Å². The number of nitrogens with one attached hydrogen (secondary N) is 1. The van der Waals surface area contributed by atoms with Crippen LogP contribution in [0.2, 0.25) is 5.02 Å². The molecule has 0 aliphatic rings. The molecule has 0 aliphatic heterocycles. The minimum atomic E-state index is 0.0901. The Kier molecular flexibility index (Phi) is 2.79. The minimum absolute atomic E-state index is 0.0901. The summed E-state index contributed by atoms with van der Waals surface area (Å²) in [4.78, 5) is 0.932. The van der Waals surface area contributed by atoms with Crippen molar-refractivity contribution < 1.29 is 0 Å². The van der Waals surface area contributed by atoms with Crippen LogP contribution in [0.3, 0.4) is 0 Å². The predicted octanol–water partition coefficient (Wildman–Crippen LogP) is 2.33. The van der Waals surface area contributed by atoms with Crippen LogP contribution in [0, 0.1) is 5.41 Å². The number of amidine groups is 1. The van der Waals surface area contributed by atoms with Crippen LogP contribution >= 0.6 is 23.4 Å². The zero-order valence-electron chi connectivity index (χ0n) is 5.67. The van der Waals surface area contributed by atoms with Crippen LogP contribution in [0.15, 0.2) is 29.2 Å². The Balaban J connectivity index is 2.74. The number of halogens is 1. The molecule has 0 heterocycles. The fourth-order valence-electron chi connectivity index (χ4n) is 0.630. The third kappa shape index (κ3) is 2.82. The first kappa shape index (κ1) is 8.43. The lowest BCUT2D eigenvalue weighted by Crippen LogP contribution is -2.02. The highest BCUT2D eigenvalue weighted by atomic mass is 35.5. The Labute approximate surface area is 74.2 Å². The molecule has 1 aromatic rings. The van der Waals surface area contributed by atoms with E-state index in [-0.39, 0.29) is 5.17 Å². The highest BCUT2D eigenvalue weighted by Crippen LogP contribution is 2.19. The minimum Gasteiger partial charge on any atom is -0.378 e. The lowest BCUT2D eigenvalue weighted by Gasteiger charge is -1.97. The molecule has 0 saturated carbocycles. The van der Waals surface area contributed by atoms with Crippen molar-refractivity contribution in [3.8, 4) is 0 Å². The molecule has 2 nitrogen and oxygen atoms in total. The molecule has 4 heteroatoms. The lowest BCUT2D eigenvalue weighted by atomic mass is 10.4. The molecule has 0 unspecified atom stereocenters. The van der Waals surface area contributed by atoms with Gasteiger partial charge in [0.15, 0.2) is 5.17 Å². The monoisotopic (exact) mass is 186 g/mol. The third-order valence-electron chi connectivity index (χ3n) is 1.04. The molecule has 0 saturated heterocycles. The van der Waals surface area contributed by atoms with Gasteiger partial charge in [-0.1, -0.05) is 23.4 Å². The molecule has 3 N–H and O–H groups in total. The maximum atomic E-state index is 6.99. The Morgan fingerprint density at radius 1 is 1.36 bits per heavy atom. The normalized spacial score (nSPS) is 9.55. The van der Waals surface area contributed by atoms with Gasteiger partial charge in [0, 0.05) is 9.92 Å². The van der Waals surface area contributed by atoms with E-state index in [4.69, 9.17) is 22.7 Å². The molecule has 1 rings (SSSR count). The summed E-state index contributed by atoms with van der Waals surface area (Å²) in [5.74, 6) is 0. The van der Waals surface area contributed by atoms with Gasteiger partial charge in [-0.25, -0.2) is 0 Å². The van der Waals surface area contributed by atoms with E-state index in [1.54, 1.807) is 12.1 Å². The van der Waals surface area contributed by atoms with Crippen molar-refractivity contribution in [3.05, 3.63) is 29.3 Å². The Morgan fingerprint density at radius 2 is 1.91 bits per heavy atom. The number of thioether (sulfide) groups is 1. The number of benzene rings is 1. The SMILES string of the molecule is N=C(N)Sc1ccc(Cl)cc1. The smallest absolute Gasteiger partial charge is 0.155 e. The summed E-state index contributed by atoms with van der Waals surface area (Å²) in [5.41, 5.74) is 5.18. The molecular formula is C7H7ClN2S. The molecule has 11 heavy (non-hydrogen) atoms. The van der Waals surface area contributed by atoms with Crippen LogP contribution in [0.1, 0.15) is 0 Å². The molecule has 0 fully saturated rings. The summed E-state index contributed by atoms with van der Waals surface area (Å²) in [5, 5.41) is 7.78. The average Bonchev–Trinajstić information content (AvgIpc) is 1.93. The van der Waals surface area contributed by atoms with E-state index in [0.717, 1.165) is 4.90 Å². The quantitative estimate of drug-likeness (QED) is 0.402. The van der Waals surface area contributed by atoms with Crippen molar-refractivity contribution in [1.82, 2.24) is 0 Å². The van der Waals surface area contributed by atoms with Crippen molar-refractivity contribution in [2.45, 2.75) is 4.90 Å². The summed E-state index contributed by atoms with van der Waals surface area (Å²) in [6.45, 7) is 0.